The third kappa shape index (κ3) is 4.07. The summed E-state index contributed by atoms with van der Waals surface area (Å²) in [6, 6.07) is 0. The normalized spacial score (nSPS) is 9.78. The fraction of sp³-hybridized carbons (Fsp3) is 0.750. The molecule has 0 aliphatic carbocycles. The molecule has 0 aromatic heterocycles. The molecule has 0 aliphatic rings. The van der Waals surface area contributed by atoms with Crippen LogP contribution in [-0.2, 0) is 0 Å². The molecule has 0 saturated heterocycles. The minimum Gasteiger partial charge on any atom is -0.389 e. The predicted molar refractivity (Wildman–Crippen MR) is 42.3 cm³/mol. The maximum absolute atomic E-state index is 3.88. The van der Waals surface area contributed by atoms with E-state index in [4.69, 9.17) is 0 Å². The molecule has 1 heteroatoms. The van der Waals surface area contributed by atoms with Crippen molar-refractivity contribution >= 4 is 0 Å². The lowest BCUT2D eigenvalue weighted by molar-refractivity contribution is 0.648. The highest BCUT2D eigenvalue weighted by molar-refractivity contribution is 4.93. The number of hydrogen-bond acceptors (Lipinski definition) is 1. The quantitative estimate of drug-likeness (QED) is 0.610. The number of nitrogens with one attached hydrogen (secondary N) is 1. The molecule has 0 rings (SSSR count). The molecule has 1 N–H and O–H groups in total. The zero-order chi connectivity index (χ0) is 7.28. The topological polar surface area (TPSA) is 12.0 Å². The molecule has 0 unspecified atom stereocenters. The Morgan fingerprint density at radius 1 is 1.56 bits per heavy atom. The van der Waals surface area contributed by atoms with E-state index in [2.05, 4.69) is 32.7 Å². The van der Waals surface area contributed by atoms with Crippen LogP contribution in [0.25, 0.3) is 0 Å². The van der Waals surface area contributed by atoms with Gasteiger partial charge in [-0.2, -0.15) is 0 Å². The molecule has 1 nitrogen and oxygen atoms in total. The average molecular weight is 127 g/mol. The molecular weight excluding hydrogens is 110 g/mol. The third-order valence-electron chi connectivity index (χ3n) is 1.30. The predicted octanol–water partition coefficient (Wildman–Crippen LogP) is 2.16. The third-order valence-corrected chi connectivity index (χ3v) is 1.30. The molecule has 0 amide bonds. The van der Waals surface area contributed by atoms with Gasteiger partial charge in [0.15, 0.2) is 0 Å². The molecular formula is C8H17N. The maximum Gasteiger partial charge on any atom is 0.0141 e. The van der Waals surface area contributed by atoms with E-state index < -0.39 is 0 Å². The van der Waals surface area contributed by atoms with Crippen molar-refractivity contribution in [2.24, 2.45) is 5.92 Å². The van der Waals surface area contributed by atoms with Crippen LogP contribution < -0.4 is 5.32 Å². The first-order valence-electron chi connectivity index (χ1n) is 3.61. The van der Waals surface area contributed by atoms with E-state index in [1.54, 1.807) is 0 Å². The van der Waals surface area contributed by atoms with Crippen LogP contribution in [0.1, 0.15) is 27.2 Å². The van der Waals surface area contributed by atoms with Crippen molar-refractivity contribution in [1.82, 2.24) is 5.32 Å². The van der Waals surface area contributed by atoms with Gasteiger partial charge in [0, 0.05) is 12.2 Å². The Labute approximate surface area is 58.2 Å². The number of rotatable bonds is 4. The SMILES string of the molecule is C=C(NCCC)C(C)C. The Bertz CT molecular complexity index is 84.6. The summed E-state index contributed by atoms with van der Waals surface area (Å²) in [5.41, 5.74) is 1.15. The summed E-state index contributed by atoms with van der Waals surface area (Å²) in [5, 5.41) is 3.24. The minimum absolute atomic E-state index is 0.566. The van der Waals surface area contributed by atoms with Gasteiger partial charge in [-0.15, -0.1) is 0 Å². The molecule has 0 atom stereocenters. The van der Waals surface area contributed by atoms with E-state index in [0.29, 0.717) is 5.92 Å². The lowest BCUT2D eigenvalue weighted by Gasteiger charge is -2.10. The number of allylic oxidation sites excluding steroid dienone is 1. The monoisotopic (exact) mass is 127 g/mol. The summed E-state index contributed by atoms with van der Waals surface area (Å²) in [6.07, 6.45) is 1.17. The van der Waals surface area contributed by atoms with Crippen LogP contribution in [0.2, 0.25) is 0 Å². The Balaban J connectivity index is 3.28. The molecule has 0 aromatic carbocycles. The second-order valence-corrected chi connectivity index (χ2v) is 2.61. The Kier molecular flexibility index (Phi) is 4.20. The van der Waals surface area contributed by atoms with Crippen molar-refractivity contribution in [1.29, 1.82) is 0 Å². The molecule has 0 bridgehead atoms. The van der Waals surface area contributed by atoms with E-state index in [-0.39, 0.29) is 0 Å². The van der Waals surface area contributed by atoms with Gasteiger partial charge < -0.3 is 5.32 Å². The van der Waals surface area contributed by atoms with Gasteiger partial charge in [-0.05, 0) is 12.3 Å². The summed E-state index contributed by atoms with van der Waals surface area (Å²) in [6.45, 7) is 11.4. The van der Waals surface area contributed by atoms with Crippen molar-refractivity contribution < 1.29 is 0 Å². The van der Waals surface area contributed by atoms with Gasteiger partial charge in [0.1, 0.15) is 0 Å². The van der Waals surface area contributed by atoms with Gasteiger partial charge in [-0.3, -0.25) is 0 Å². The van der Waals surface area contributed by atoms with Gasteiger partial charge in [-0.1, -0.05) is 27.4 Å². The summed E-state index contributed by atoms with van der Waals surface area (Å²) < 4.78 is 0. The van der Waals surface area contributed by atoms with Gasteiger partial charge in [-0.25, -0.2) is 0 Å². The molecule has 0 heterocycles. The van der Waals surface area contributed by atoms with Crippen molar-refractivity contribution in [3.8, 4) is 0 Å². The first-order chi connectivity index (χ1) is 4.18. The van der Waals surface area contributed by atoms with E-state index in [1.807, 2.05) is 0 Å². The average Bonchev–Trinajstić information content (AvgIpc) is 1.82. The van der Waals surface area contributed by atoms with E-state index in [1.165, 1.54) is 6.42 Å². The zero-order valence-corrected chi connectivity index (χ0v) is 6.70. The molecule has 9 heavy (non-hydrogen) atoms. The highest BCUT2D eigenvalue weighted by atomic mass is 14.9. The van der Waals surface area contributed by atoms with Crippen LogP contribution >= 0.6 is 0 Å². The Morgan fingerprint density at radius 2 is 2.11 bits per heavy atom. The highest BCUT2D eigenvalue weighted by Crippen LogP contribution is 2.01. The zero-order valence-electron chi connectivity index (χ0n) is 6.70. The van der Waals surface area contributed by atoms with E-state index >= 15 is 0 Å². The van der Waals surface area contributed by atoms with E-state index in [9.17, 15) is 0 Å². The number of hydrogen-bond donors (Lipinski definition) is 1. The fourth-order valence-corrected chi connectivity index (χ4v) is 0.490. The second-order valence-electron chi connectivity index (χ2n) is 2.61. The smallest absolute Gasteiger partial charge is 0.0141 e. The Morgan fingerprint density at radius 3 is 2.44 bits per heavy atom. The molecule has 0 aliphatic heterocycles. The summed E-state index contributed by atoms with van der Waals surface area (Å²) in [5.74, 6) is 0.566. The molecule has 0 aromatic rings. The largest absolute Gasteiger partial charge is 0.389 e. The van der Waals surface area contributed by atoms with Crippen molar-refractivity contribution in [3.05, 3.63) is 12.3 Å². The summed E-state index contributed by atoms with van der Waals surface area (Å²) >= 11 is 0. The van der Waals surface area contributed by atoms with Crippen LogP contribution in [0.5, 0.6) is 0 Å². The maximum atomic E-state index is 3.88. The first kappa shape index (κ1) is 8.54. The van der Waals surface area contributed by atoms with Crippen LogP contribution in [0.4, 0.5) is 0 Å². The fourth-order valence-electron chi connectivity index (χ4n) is 0.490. The van der Waals surface area contributed by atoms with Gasteiger partial charge in [0.2, 0.25) is 0 Å². The highest BCUT2D eigenvalue weighted by Gasteiger charge is 1.95. The lowest BCUT2D eigenvalue weighted by Crippen LogP contribution is -2.16. The molecule has 54 valence electrons. The van der Waals surface area contributed by atoms with Gasteiger partial charge >= 0.3 is 0 Å². The van der Waals surface area contributed by atoms with Crippen molar-refractivity contribution in [2.45, 2.75) is 27.2 Å². The second kappa shape index (κ2) is 4.42. The Hall–Kier alpha value is -0.460. The van der Waals surface area contributed by atoms with Crippen molar-refractivity contribution in [3.63, 3.8) is 0 Å². The van der Waals surface area contributed by atoms with Gasteiger partial charge in [0.05, 0.1) is 0 Å². The van der Waals surface area contributed by atoms with E-state index in [0.717, 1.165) is 12.2 Å². The molecule has 0 radical (unpaired) electrons. The summed E-state index contributed by atoms with van der Waals surface area (Å²) in [4.78, 5) is 0. The molecule has 0 spiro atoms. The standard InChI is InChI=1S/C8H17N/c1-5-6-9-8(4)7(2)3/h7,9H,4-6H2,1-3H3. The van der Waals surface area contributed by atoms with Gasteiger partial charge in [0.25, 0.3) is 0 Å². The van der Waals surface area contributed by atoms with Crippen LogP contribution in [-0.4, -0.2) is 6.54 Å². The van der Waals surface area contributed by atoms with Crippen molar-refractivity contribution in [2.75, 3.05) is 6.54 Å². The molecule has 0 saturated carbocycles. The first-order valence-corrected chi connectivity index (χ1v) is 3.61. The van der Waals surface area contributed by atoms with Crippen LogP contribution in [0.15, 0.2) is 12.3 Å². The van der Waals surface area contributed by atoms with Crippen LogP contribution in [0, 0.1) is 5.92 Å². The molecule has 0 fully saturated rings. The minimum atomic E-state index is 0.566. The van der Waals surface area contributed by atoms with Crippen LogP contribution in [0.3, 0.4) is 0 Å². The lowest BCUT2D eigenvalue weighted by atomic mass is 10.1. The summed E-state index contributed by atoms with van der Waals surface area (Å²) in [7, 11) is 0.